The van der Waals surface area contributed by atoms with Gasteiger partial charge in [-0.05, 0) is 24.8 Å². The lowest BCUT2D eigenvalue weighted by molar-refractivity contribution is -0.385. The van der Waals surface area contributed by atoms with Gasteiger partial charge in [0, 0.05) is 18.2 Å². The first kappa shape index (κ1) is 14.0. The summed E-state index contributed by atoms with van der Waals surface area (Å²) in [5.74, 6) is 0.135. The van der Waals surface area contributed by atoms with Crippen molar-refractivity contribution in [3.63, 3.8) is 0 Å². The van der Waals surface area contributed by atoms with Crippen molar-refractivity contribution in [2.45, 2.75) is 50.9 Å². The number of nitrogens with one attached hydrogen (secondary N) is 1. The van der Waals surface area contributed by atoms with E-state index >= 15 is 0 Å². The second-order valence-electron chi connectivity index (χ2n) is 5.74. The highest BCUT2D eigenvalue weighted by Gasteiger charge is 2.46. The van der Waals surface area contributed by atoms with Crippen LogP contribution in [0.4, 0.5) is 5.69 Å². The van der Waals surface area contributed by atoms with Gasteiger partial charge in [0.2, 0.25) is 5.91 Å². The van der Waals surface area contributed by atoms with Gasteiger partial charge in [0.05, 0.1) is 11.0 Å². The summed E-state index contributed by atoms with van der Waals surface area (Å²) in [6.45, 7) is 2.05. The molecule has 2 fully saturated rings. The Hall–Kier alpha value is -1.95. The average molecular weight is 289 g/mol. The molecule has 0 radical (unpaired) electrons. The second-order valence-corrected chi connectivity index (χ2v) is 5.74. The summed E-state index contributed by atoms with van der Waals surface area (Å²) < 4.78 is 0. The van der Waals surface area contributed by atoms with Crippen molar-refractivity contribution in [2.24, 2.45) is 0 Å². The van der Waals surface area contributed by atoms with Gasteiger partial charge in [-0.3, -0.25) is 20.2 Å². The number of hydrogen-bond donors (Lipinski definition) is 1. The van der Waals surface area contributed by atoms with Crippen molar-refractivity contribution in [3.05, 3.63) is 39.9 Å². The summed E-state index contributed by atoms with van der Waals surface area (Å²) in [5, 5.41) is 14.3. The van der Waals surface area contributed by atoms with Crippen LogP contribution >= 0.6 is 0 Å². The van der Waals surface area contributed by atoms with Gasteiger partial charge in [-0.15, -0.1) is 0 Å². The molecule has 112 valence electrons. The summed E-state index contributed by atoms with van der Waals surface area (Å²) in [6.07, 6.45) is 3.55. The molecule has 0 bridgehead atoms. The standard InChI is InChI=1S/C15H19N3O3/c1-2-4-13-15(19)17(11-7-8-11)14(16-13)10-5-3-6-12(9-10)18(20)21/h3,5-6,9,11,13-14,16H,2,4,7-8H2,1H3. The van der Waals surface area contributed by atoms with E-state index in [9.17, 15) is 14.9 Å². The number of nitrogens with zero attached hydrogens (tertiary/aromatic N) is 2. The molecular weight excluding hydrogens is 270 g/mol. The first-order valence-corrected chi connectivity index (χ1v) is 7.44. The largest absolute Gasteiger partial charge is 0.319 e. The third-order valence-corrected chi connectivity index (χ3v) is 4.10. The molecule has 1 heterocycles. The fourth-order valence-corrected chi connectivity index (χ4v) is 2.95. The minimum Gasteiger partial charge on any atom is -0.319 e. The Morgan fingerprint density at radius 2 is 2.19 bits per heavy atom. The van der Waals surface area contributed by atoms with Gasteiger partial charge in [-0.25, -0.2) is 0 Å². The molecule has 0 aromatic heterocycles. The lowest BCUT2D eigenvalue weighted by Gasteiger charge is -2.24. The first-order valence-electron chi connectivity index (χ1n) is 7.44. The average Bonchev–Trinajstić information content (AvgIpc) is 3.25. The molecule has 1 aliphatic heterocycles. The quantitative estimate of drug-likeness (QED) is 0.667. The van der Waals surface area contributed by atoms with E-state index < -0.39 is 4.92 Å². The van der Waals surface area contributed by atoms with Crippen LogP contribution in [0.15, 0.2) is 24.3 Å². The summed E-state index contributed by atoms with van der Waals surface area (Å²) in [5.41, 5.74) is 0.861. The highest BCUT2D eigenvalue weighted by atomic mass is 16.6. The molecule has 6 nitrogen and oxygen atoms in total. The van der Waals surface area contributed by atoms with Crippen molar-refractivity contribution in [2.75, 3.05) is 0 Å². The number of carbonyl (C=O) groups excluding carboxylic acids is 1. The Labute approximate surface area is 123 Å². The summed E-state index contributed by atoms with van der Waals surface area (Å²) >= 11 is 0. The fourth-order valence-electron chi connectivity index (χ4n) is 2.95. The lowest BCUT2D eigenvalue weighted by Crippen LogP contribution is -2.33. The van der Waals surface area contributed by atoms with Gasteiger partial charge >= 0.3 is 0 Å². The van der Waals surface area contributed by atoms with E-state index in [0.717, 1.165) is 31.2 Å². The summed E-state index contributed by atoms with van der Waals surface area (Å²) in [7, 11) is 0. The van der Waals surface area contributed by atoms with E-state index in [1.807, 2.05) is 11.0 Å². The molecule has 6 heteroatoms. The van der Waals surface area contributed by atoms with Crippen LogP contribution in [0.2, 0.25) is 0 Å². The molecule has 3 rings (SSSR count). The number of rotatable bonds is 5. The maximum Gasteiger partial charge on any atom is 0.269 e. The summed E-state index contributed by atoms with van der Waals surface area (Å²) in [6, 6.07) is 6.69. The van der Waals surface area contributed by atoms with Crippen LogP contribution in [-0.4, -0.2) is 27.8 Å². The normalized spacial score (nSPS) is 25.4. The highest BCUT2D eigenvalue weighted by molar-refractivity contribution is 5.85. The number of nitro groups is 1. The molecular formula is C15H19N3O3. The number of carbonyl (C=O) groups is 1. The van der Waals surface area contributed by atoms with Gasteiger partial charge in [0.15, 0.2) is 0 Å². The Bertz CT molecular complexity index is 571. The Morgan fingerprint density at radius 1 is 1.43 bits per heavy atom. The monoisotopic (exact) mass is 289 g/mol. The number of nitro benzene ring substituents is 1. The molecule has 21 heavy (non-hydrogen) atoms. The smallest absolute Gasteiger partial charge is 0.269 e. The van der Waals surface area contributed by atoms with Crippen LogP contribution in [0.5, 0.6) is 0 Å². The van der Waals surface area contributed by atoms with Gasteiger partial charge in [-0.1, -0.05) is 25.5 Å². The van der Waals surface area contributed by atoms with Gasteiger partial charge in [0.1, 0.15) is 6.17 Å². The molecule has 1 saturated heterocycles. The SMILES string of the molecule is CCCC1NC(c2cccc([N+](=O)[O-])c2)N(C2CC2)C1=O. The Balaban J connectivity index is 1.90. The molecule has 1 amide bonds. The van der Waals surface area contributed by atoms with Crippen molar-refractivity contribution in [1.82, 2.24) is 10.2 Å². The zero-order chi connectivity index (χ0) is 15.0. The van der Waals surface area contributed by atoms with E-state index in [-0.39, 0.29) is 29.8 Å². The minimum absolute atomic E-state index is 0.0661. The van der Waals surface area contributed by atoms with Crippen LogP contribution in [0.3, 0.4) is 0 Å². The van der Waals surface area contributed by atoms with E-state index in [0.29, 0.717) is 0 Å². The van der Waals surface area contributed by atoms with Crippen LogP contribution in [0.1, 0.15) is 44.3 Å². The fraction of sp³-hybridized carbons (Fsp3) is 0.533. The zero-order valence-corrected chi connectivity index (χ0v) is 12.0. The second kappa shape index (κ2) is 5.44. The third-order valence-electron chi connectivity index (χ3n) is 4.10. The predicted molar refractivity (Wildman–Crippen MR) is 77.5 cm³/mol. The molecule has 2 aliphatic rings. The maximum absolute atomic E-state index is 12.5. The van der Waals surface area contributed by atoms with Gasteiger partial charge in [-0.2, -0.15) is 0 Å². The van der Waals surface area contributed by atoms with E-state index in [2.05, 4.69) is 12.2 Å². The van der Waals surface area contributed by atoms with E-state index in [1.54, 1.807) is 12.1 Å². The Morgan fingerprint density at radius 3 is 2.81 bits per heavy atom. The van der Waals surface area contributed by atoms with Crippen molar-refractivity contribution in [1.29, 1.82) is 0 Å². The first-order chi connectivity index (χ1) is 10.1. The van der Waals surface area contributed by atoms with Crippen LogP contribution in [0.25, 0.3) is 0 Å². The number of hydrogen-bond acceptors (Lipinski definition) is 4. The van der Waals surface area contributed by atoms with Crippen molar-refractivity contribution >= 4 is 11.6 Å². The zero-order valence-electron chi connectivity index (χ0n) is 12.0. The van der Waals surface area contributed by atoms with Crippen LogP contribution < -0.4 is 5.32 Å². The minimum atomic E-state index is -0.398. The number of amides is 1. The van der Waals surface area contributed by atoms with Crippen LogP contribution in [0, 0.1) is 10.1 Å². The van der Waals surface area contributed by atoms with Gasteiger partial charge in [0.25, 0.3) is 5.69 Å². The molecule has 2 atom stereocenters. The predicted octanol–water partition coefficient (Wildman–Crippen LogP) is 2.36. The molecule has 1 saturated carbocycles. The topological polar surface area (TPSA) is 75.5 Å². The molecule has 2 unspecified atom stereocenters. The van der Waals surface area contributed by atoms with E-state index in [1.165, 1.54) is 6.07 Å². The van der Waals surface area contributed by atoms with Crippen LogP contribution in [-0.2, 0) is 4.79 Å². The van der Waals surface area contributed by atoms with E-state index in [4.69, 9.17) is 0 Å². The maximum atomic E-state index is 12.5. The Kier molecular flexibility index (Phi) is 3.63. The van der Waals surface area contributed by atoms with Crippen molar-refractivity contribution < 1.29 is 9.72 Å². The molecule has 1 aromatic rings. The molecule has 1 aromatic carbocycles. The molecule has 1 aliphatic carbocycles. The number of benzene rings is 1. The molecule has 0 spiro atoms. The summed E-state index contributed by atoms with van der Waals surface area (Å²) in [4.78, 5) is 24.9. The highest BCUT2D eigenvalue weighted by Crippen LogP contribution is 2.38. The van der Waals surface area contributed by atoms with Gasteiger partial charge < -0.3 is 4.90 Å². The molecule has 1 N–H and O–H groups in total. The van der Waals surface area contributed by atoms with Crippen molar-refractivity contribution in [3.8, 4) is 0 Å². The number of non-ortho nitro benzene ring substituents is 1. The lowest BCUT2D eigenvalue weighted by atomic mass is 10.1. The third kappa shape index (κ3) is 2.63.